The Morgan fingerprint density at radius 1 is 0.926 bits per heavy atom. The van der Waals surface area contributed by atoms with E-state index in [2.05, 4.69) is 10.2 Å². The van der Waals surface area contributed by atoms with Crippen molar-refractivity contribution in [3.63, 3.8) is 0 Å². The maximum Gasteiger partial charge on any atom is 0.316 e. The van der Waals surface area contributed by atoms with E-state index < -0.39 is 0 Å². The summed E-state index contributed by atoms with van der Waals surface area (Å²) in [6.45, 7) is 0.525. The predicted molar refractivity (Wildman–Crippen MR) is 104 cm³/mol. The summed E-state index contributed by atoms with van der Waals surface area (Å²) in [5.74, 6) is 0.605. The summed E-state index contributed by atoms with van der Waals surface area (Å²) in [7, 11) is 0. The highest BCUT2D eigenvalue weighted by Crippen LogP contribution is 2.23. The van der Waals surface area contributed by atoms with Crippen LogP contribution in [0.1, 0.15) is 0 Å². The molecule has 136 valence electrons. The van der Waals surface area contributed by atoms with Gasteiger partial charge in [0.25, 0.3) is 0 Å². The number of thioether (sulfide) groups is 1. The van der Waals surface area contributed by atoms with Crippen LogP contribution >= 0.6 is 11.8 Å². The summed E-state index contributed by atoms with van der Waals surface area (Å²) >= 11 is 1.31. The number of nitrogens with zero attached hydrogens (tertiary/aromatic N) is 3. The molecule has 27 heavy (non-hydrogen) atoms. The van der Waals surface area contributed by atoms with Crippen LogP contribution in [0.5, 0.6) is 5.75 Å². The van der Waals surface area contributed by atoms with Crippen LogP contribution in [0.4, 0.5) is 0 Å². The van der Waals surface area contributed by atoms with Crippen molar-refractivity contribution in [2.24, 2.45) is 0 Å². The van der Waals surface area contributed by atoms with Crippen molar-refractivity contribution in [1.82, 2.24) is 14.6 Å². The summed E-state index contributed by atoms with van der Waals surface area (Å²) in [6, 6.07) is 21.3. The standard InChI is InChI=1S/C20H17N3O3S/c24-19(26-13-12-25-16-7-2-1-3-8-16)14-27-20-22-21-18-11-10-15-6-4-5-9-17(15)23(18)20/h1-11H,12-14H2. The van der Waals surface area contributed by atoms with Crippen LogP contribution in [0.2, 0.25) is 0 Å². The molecule has 0 unspecified atom stereocenters. The molecule has 0 aliphatic carbocycles. The third-order valence-electron chi connectivity index (χ3n) is 3.93. The maximum atomic E-state index is 12.0. The second-order valence-electron chi connectivity index (χ2n) is 5.74. The number of carbonyl (C=O) groups excluding carboxylic acids is 1. The number of benzene rings is 2. The van der Waals surface area contributed by atoms with Crippen LogP contribution < -0.4 is 4.74 Å². The minimum atomic E-state index is -0.311. The van der Waals surface area contributed by atoms with Gasteiger partial charge in [0.1, 0.15) is 19.0 Å². The first-order valence-electron chi connectivity index (χ1n) is 8.50. The minimum Gasteiger partial charge on any atom is -0.490 e. The van der Waals surface area contributed by atoms with Crippen LogP contribution in [0.15, 0.2) is 71.9 Å². The van der Waals surface area contributed by atoms with E-state index in [0.717, 1.165) is 22.3 Å². The molecule has 7 heteroatoms. The molecule has 2 heterocycles. The molecule has 4 rings (SSSR count). The first-order valence-corrected chi connectivity index (χ1v) is 9.49. The summed E-state index contributed by atoms with van der Waals surface area (Å²) in [6.07, 6.45) is 0. The van der Waals surface area contributed by atoms with Crippen molar-refractivity contribution in [1.29, 1.82) is 0 Å². The second kappa shape index (κ2) is 8.09. The molecule has 0 fully saturated rings. The van der Waals surface area contributed by atoms with Crippen LogP contribution in [0.25, 0.3) is 16.6 Å². The molecule has 0 radical (unpaired) electrons. The lowest BCUT2D eigenvalue weighted by Crippen LogP contribution is -2.14. The molecule has 4 aromatic rings. The molecule has 2 aromatic carbocycles. The monoisotopic (exact) mass is 379 g/mol. The van der Waals surface area contributed by atoms with Gasteiger partial charge in [-0.05, 0) is 35.7 Å². The fourth-order valence-corrected chi connectivity index (χ4v) is 3.45. The molecule has 0 aliphatic rings. The third kappa shape index (κ3) is 4.03. The van der Waals surface area contributed by atoms with Gasteiger partial charge in [-0.25, -0.2) is 0 Å². The lowest BCUT2D eigenvalue weighted by molar-refractivity contribution is -0.141. The Morgan fingerprint density at radius 2 is 1.74 bits per heavy atom. The SMILES string of the molecule is O=C(CSc1nnc2ccc3ccccc3n12)OCCOc1ccccc1. The Bertz CT molecular complexity index is 1070. The molecule has 0 saturated heterocycles. The van der Waals surface area contributed by atoms with E-state index in [1.54, 1.807) is 0 Å². The van der Waals surface area contributed by atoms with Gasteiger partial charge in [0.05, 0.1) is 11.3 Å². The van der Waals surface area contributed by atoms with Crippen molar-refractivity contribution in [2.75, 3.05) is 19.0 Å². The molecule has 0 amide bonds. The number of hydrogen-bond acceptors (Lipinski definition) is 6. The Labute approximate surface area is 160 Å². The highest BCUT2D eigenvalue weighted by Gasteiger charge is 2.12. The summed E-state index contributed by atoms with van der Waals surface area (Å²) < 4.78 is 12.7. The van der Waals surface area contributed by atoms with Crippen molar-refractivity contribution < 1.29 is 14.3 Å². The molecule has 0 N–H and O–H groups in total. The van der Waals surface area contributed by atoms with Crippen LogP contribution in [0, 0.1) is 0 Å². The molecule has 0 spiro atoms. The van der Waals surface area contributed by atoms with E-state index in [0.29, 0.717) is 11.8 Å². The van der Waals surface area contributed by atoms with E-state index in [4.69, 9.17) is 9.47 Å². The van der Waals surface area contributed by atoms with Crippen LogP contribution in [-0.4, -0.2) is 39.5 Å². The number of rotatable bonds is 7. The summed E-state index contributed by atoms with van der Waals surface area (Å²) in [5, 5.41) is 10.1. The van der Waals surface area contributed by atoms with Gasteiger partial charge in [0, 0.05) is 0 Å². The van der Waals surface area contributed by atoms with Gasteiger partial charge in [0.2, 0.25) is 0 Å². The van der Waals surface area contributed by atoms with Gasteiger partial charge in [-0.2, -0.15) is 0 Å². The Kier molecular flexibility index (Phi) is 5.20. The zero-order valence-electron chi connectivity index (χ0n) is 14.4. The first kappa shape index (κ1) is 17.4. The number of para-hydroxylation sites is 2. The molecule has 6 nitrogen and oxygen atoms in total. The number of pyridine rings is 1. The molecular weight excluding hydrogens is 362 g/mol. The van der Waals surface area contributed by atoms with E-state index in [-0.39, 0.29) is 18.3 Å². The highest BCUT2D eigenvalue weighted by atomic mass is 32.2. The first-order chi connectivity index (χ1) is 13.3. The van der Waals surface area contributed by atoms with Crippen LogP contribution in [-0.2, 0) is 9.53 Å². The topological polar surface area (TPSA) is 65.7 Å². The average Bonchev–Trinajstić information content (AvgIpc) is 3.14. The lowest BCUT2D eigenvalue weighted by atomic mass is 10.2. The van der Waals surface area contributed by atoms with Crippen LogP contribution in [0.3, 0.4) is 0 Å². The molecule has 0 atom stereocenters. The quantitative estimate of drug-likeness (QED) is 0.278. The van der Waals surface area contributed by atoms with E-state index in [1.807, 2.05) is 71.1 Å². The van der Waals surface area contributed by atoms with Gasteiger partial charge in [0.15, 0.2) is 10.8 Å². The molecule has 0 aliphatic heterocycles. The average molecular weight is 379 g/mol. The third-order valence-corrected chi connectivity index (χ3v) is 4.83. The van der Waals surface area contributed by atoms with E-state index >= 15 is 0 Å². The Morgan fingerprint density at radius 3 is 2.63 bits per heavy atom. The van der Waals surface area contributed by atoms with Crippen molar-refractivity contribution in [3.05, 3.63) is 66.7 Å². The minimum absolute atomic E-state index is 0.162. The Hall–Kier alpha value is -3.06. The molecule has 2 aromatic heterocycles. The zero-order valence-corrected chi connectivity index (χ0v) is 15.3. The lowest BCUT2D eigenvalue weighted by Gasteiger charge is -2.07. The van der Waals surface area contributed by atoms with E-state index in [9.17, 15) is 4.79 Å². The van der Waals surface area contributed by atoms with Crippen molar-refractivity contribution >= 4 is 34.3 Å². The predicted octanol–water partition coefficient (Wildman–Crippen LogP) is 3.60. The number of esters is 1. The molecular formula is C20H17N3O3S. The fourth-order valence-electron chi connectivity index (χ4n) is 2.70. The van der Waals surface area contributed by atoms with Gasteiger partial charge >= 0.3 is 5.97 Å². The number of fused-ring (bicyclic) bond motifs is 3. The summed E-state index contributed by atoms with van der Waals surface area (Å²) in [5.41, 5.74) is 1.76. The smallest absolute Gasteiger partial charge is 0.316 e. The number of carbonyl (C=O) groups is 1. The number of ether oxygens (including phenoxy) is 2. The summed E-state index contributed by atoms with van der Waals surface area (Å²) in [4.78, 5) is 12.0. The second-order valence-corrected chi connectivity index (χ2v) is 6.68. The van der Waals surface area contributed by atoms with Gasteiger partial charge in [-0.1, -0.05) is 48.2 Å². The van der Waals surface area contributed by atoms with Gasteiger partial charge in [-0.3, -0.25) is 9.20 Å². The molecule has 0 bridgehead atoms. The van der Waals surface area contributed by atoms with Crippen molar-refractivity contribution in [3.8, 4) is 5.75 Å². The number of aromatic nitrogens is 3. The maximum absolute atomic E-state index is 12.0. The largest absolute Gasteiger partial charge is 0.490 e. The fraction of sp³-hybridized carbons (Fsp3) is 0.150. The zero-order chi connectivity index (χ0) is 18.5. The van der Waals surface area contributed by atoms with Gasteiger partial charge < -0.3 is 9.47 Å². The highest BCUT2D eigenvalue weighted by molar-refractivity contribution is 7.99. The van der Waals surface area contributed by atoms with Gasteiger partial charge in [-0.15, -0.1) is 10.2 Å². The number of hydrogen-bond donors (Lipinski definition) is 0. The van der Waals surface area contributed by atoms with E-state index in [1.165, 1.54) is 11.8 Å². The normalized spacial score (nSPS) is 11.0. The van der Waals surface area contributed by atoms with Crippen molar-refractivity contribution in [2.45, 2.75) is 5.16 Å². The Balaban J connectivity index is 1.33. The molecule has 0 saturated carbocycles.